The Balaban J connectivity index is 2.36. The molecule has 3 nitrogen and oxygen atoms in total. The third-order valence-electron chi connectivity index (χ3n) is 2.50. The Hall–Kier alpha value is -2.16. The van der Waals surface area contributed by atoms with Gasteiger partial charge in [0.2, 0.25) is 5.78 Å². The van der Waals surface area contributed by atoms with Crippen LogP contribution in [0.1, 0.15) is 13.3 Å². The third-order valence-corrected chi connectivity index (χ3v) is 2.50. The number of rotatable bonds is 3. The minimum atomic E-state index is -0.802. The molecule has 86 valence electrons. The van der Waals surface area contributed by atoms with E-state index in [1.807, 2.05) is 30.3 Å². The highest BCUT2D eigenvalue weighted by Gasteiger charge is 2.14. The zero-order valence-electron chi connectivity index (χ0n) is 9.47. The molecule has 0 spiro atoms. The number of Topliss-reactive ketones (excluding diaryl/α,β-unsaturated/α-hetero) is 1. The predicted octanol–water partition coefficient (Wildman–Crippen LogP) is 2.72. The van der Waals surface area contributed by atoms with Crippen molar-refractivity contribution in [3.63, 3.8) is 0 Å². The van der Waals surface area contributed by atoms with E-state index in [1.165, 1.54) is 0 Å². The number of ketones is 1. The van der Waals surface area contributed by atoms with Crippen LogP contribution in [0, 0.1) is 0 Å². The van der Waals surface area contributed by atoms with E-state index in [2.05, 4.69) is 0 Å². The van der Waals surface area contributed by atoms with Gasteiger partial charge >= 0.3 is 5.97 Å². The Labute approximate surface area is 99.0 Å². The van der Waals surface area contributed by atoms with Gasteiger partial charge in [0.05, 0.1) is 0 Å². The molecule has 0 saturated carbocycles. The van der Waals surface area contributed by atoms with Crippen molar-refractivity contribution < 1.29 is 14.3 Å². The zero-order valence-corrected chi connectivity index (χ0v) is 9.47. The molecule has 0 radical (unpaired) electrons. The van der Waals surface area contributed by atoms with E-state index in [9.17, 15) is 9.59 Å². The van der Waals surface area contributed by atoms with Crippen LogP contribution < -0.4 is 4.74 Å². The highest BCUT2D eigenvalue weighted by molar-refractivity contribution is 6.34. The summed E-state index contributed by atoms with van der Waals surface area (Å²) in [4.78, 5) is 22.6. The van der Waals surface area contributed by atoms with Crippen LogP contribution in [0.2, 0.25) is 0 Å². The summed E-state index contributed by atoms with van der Waals surface area (Å²) in [5.41, 5.74) is 0. The number of esters is 1. The fraction of sp³-hybridized carbons (Fsp3) is 0.143. The molecule has 0 aliphatic rings. The smallest absolute Gasteiger partial charge is 0.379 e. The van der Waals surface area contributed by atoms with Crippen molar-refractivity contribution in [1.29, 1.82) is 0 Å². The van der Waals surface area contributed by atoms with E-state index in [0.29, 0.717) is 5.75 Å². The van der Waals surface area contributed by atoms with Crippen LogP contribution in [0.4, 0.5) is 0 Å². The molecular formula is C14H12O3. The van der Waals surface area contributed by atoms with Gasteiger partial charge in [0, 0.05) is 11.8 Å². The van der Waals surface area contributed by atoms with Gasteiger partial charge in [-0.05, 0) is 11.5 Å². The summed E-state index contributed by atoms with van der Waals surface area (Å²) in [7, 11) is 0. The lowest BCUT2D eigenvalue weighted by atomic mass is 10.1. The number of hydrogen-bond donors (Lipinski definition) is 0. The molecule has 2 aromatic carbocycles. The summed E-state index contributed by atoms with van der Waals surface area (Å²) in [5, 5.41) is 1.80. The molecule has 0 aliphatic carbocycles. The maximum atomic E-state index is 11.4. The molecule has 3 heteroatoms. The standard InChI is InChI=1S/C14H12O3/c1-2-12(15)14(16)17-13-9-5-7-10-6-3-4-8-11(10)13/h3-9H,2H2,1H3. The van der Waals surface area contributed by atoms with Gasteiger partial charge < -0.3 is 4.74 Å². The van der Waals surface area contributed by atoms with Crippen LogP contribution in [0.25, 0.3) is 10.8 Å². The molecule has 0 fully saturated rings. The normalized spacial score (nSPS) is 10.2. The van der Waals surface area contributed by atoms with Crippen molar-refractivity contribution in [2.75, 3.05) is 0 Å². The Morgan fingerprint density at radius 1 is 1.06 bits per heavy atom. The topological polar surface area (TPSA) is 43.4 Å². The van der Waals surface area contributed by atoms with Crippen molar-refractivity contribution in [3.05, 3.63) is 42.5 Å². The Kier molecular flexibility index (Phi) is 3.19. The summed E-state index contributed by atoms with van der Waals surface area (Å²) >= 11 is 0. The van der Waals surface area contributed by atoms with Gasteiger partial charge in [-0.1, -0.05) is 43.3 Å². The van der Waals surface area contributed by atoms with Gasteiger partial charge in [0.15, 0.2) is 0 Å². The second-order valence-corrected chi connectivity index (χ2v) is 3.64. The van der Waals surface area contributed by atoms with E-state index in [4.69, 9.17) is 4.74 Å². The van der Waals surface area contributed by atoms with E-state index < -0.39 is 11.8 Å². The molecule has 2 aromatic rings. The fourth-order valence-corrected chi connectivity index (χ4v) is 1.59. The molecule has 2 rings (SSSR count). The van der Waals surface area contributed by atoms with Crippen LogP contribution in [0.3, 0.4) is 0 Å². The van der Waals surface area contributed by atoms with E-state index in [0.717, 1.165) is 10.8 Å². The summed E-state index contributed by atoms with van der Waals surface area (Å²) in [5.74, 6) is -0.892. The van der Waals surface area contributed by atoms with E-state index in [-0.39, 0.29) is 6.42 Å². The molecule has 0 aromatic heterocycles. The van der Waals surface area contributed by atoms with E-state index in [1.54, 1.807) is 19.1 Å². The first kappa shape index (κ1) is 11.3. The molecular weight excluding hydrogens is 216 g/mol. The molecule has 0 N–H and O–H groups in total. The van der Waals surface area contributed by atoms with E-state index >= 15 is 0 Å². The van der Waals surface area contributed by atoms with Crippen molar-refractivity contribution in [2.45, 2.75) is 13.3 Å². The first-order chi connectivity index (χ1) is 8.22. The highest BCUT2D eigenvalue weighted by atomic mass is 16.5. The van der Waals surface area contributed by atoms with Gasteiger partial charge in [-0.3, -0.25) is 4.79 Å². The second kappa shape index (κ2) is 4.78. The molecule has 0 unspecified atom stereocenters. The fourth-order valence-electron chi connectivity index (χ4n) is 1.59. The number of hydrogen-bond acceptors (Lipinski definition) is 3. The molecule has 0 bridgehead atoms. The maximum Gasteiger partial charge on any atom is 0.379 e. The van der Waals surface area contributed by atoms with Gasteiger partial charge in [0.1, 0.15) is 5.75 Å². The van der Waals surface area contributed by atoms with Crippen LogP contribution in [0.15, 0.2) is 42.5 Å². The number of ether oxygens (including phenoxy) is 1. The van der Waals surface area contributed by atoms with Crippen molar-refractivity contribution >= 4 is 22.5 Å². The van der Waals surface area contributed by atoms with Crippen LogP contribution in [0.5, 0.6) is 5.75 Å². The van der Waals surface area contributed by atoms with Gasteiger partial charge in [0.25, 0.3) is 0 Å². The first-order valence-corrected chi connectivity index (χ1v) is 5.45. The Morgan fingerprint density at radius 3 is 2.53 bits per heavy atom. The predicted molar refractivity (Wildman–Crippen MR) is 64.9 cm³/mol. The zero-order chi connectivity index (χ0) is 12.3. The average molecular weight is 228 g/mol. The second-order valence-electron chi connectivity index (χ2n) is 3.64. The minimum absolute atomic E-state index is 0.156. The number of fused-ring (bicyclic) bond motifs is 1. The first-order valence-electron chi connectivity index (χ1n) is 5.45. The maximum absolute atomic E-state index is 11.4. The average Bonchev–Trinajstić information content (AvgIpc) is 2.38. The number of benzene rings is 2. The lowest BCUT2D eigenvalue weighted by Gasteiger charge is -2.06. The quantitative estimate of drug-likeness (QED) is 0.461. The molecule has 0 heterocycles. The van der Waals surface area contributed by atoms with Crippen molar-refractivity contribution in [1.82, 2.24) is 0 Å². The SMILES string of the molecule is CCC(=O)C(=O)Oc1cccc2ccccc12. The van der Waals surface area contributed by atoms with Gasteiger partial charge in [-0.2, -0.15) is 0 Å². The molecule has 0 amide bonds. The molecule has 0 aliphatic heterocycles. The Morgan fingerprint density at radius 2 is 1.76 bits per heavy atom. The molecule has 0 atom stereocenters. The van der Waals surface area contributed by atoms with Crippen LogP contribution in [-0.2, 0) is 9.59 Å². The number of carbonyl (C=O) groups excluding carboxylic acids is 2. The molecule has 0 saturated heterocycles. The highest BCUT2D eigenvalue weighted by Crippen LogP contribution is 2.25. The molecule has 17 heavy (non-hydrogen) atoms. The number of carbonyl (C=O) groups is 2. The van der Waals surface area contributed by atoms with Gasteiger partial charge in [-0.15, -0.1) is 0 Å². The summed E-state index contributed by atoms with van der Waals surface area (Å²) < 4.78 is 5.09. The Bertz CT molecular complexity index is 567. The lowest BCUT2D eigenvalue weighted by Crippen LogP contribution is -2.19. The monoisotopic (exact) mass is 228 g/mol. The summed E-state index contributed by atoms with van der Waals surface area (Å²) in [6, 6.07) is 13.0. The van der Waals surface area contributed by atoms with Crippen molar-refractivity contribution in [3.8, 4) is 5.75 Å². The third kappa shape index (κ3) is 2.33. The summed E-state index contributed by atoms with van der Waals surface area (Å²) in [6.07, 6.45) is 0.156. The van der Waals surface area contributed by atoms with Crippen LogP contribution >= 0.6 is 0 Å². The largest absolute Gasteiger partial charge is 0.420 e. The lowest BCUT2D eigenvalue weighted by molar-refractivity contribution is -0.146. The van der Waals surface area contributed by atoms with Crippen molar-refractivity contribution in [2.24, 2.45) is 0 Å². The van der Waals surface area contributed by atoms with Gasteiger partial charge in [-0.25, -0.2) is 4.79 Å². The summed E-state index contributed by atoms with van der Waals surface area (Å²) in [6.45, 7) is 1.63. The minimum Gasteiger partial charge on any atom is -0.420 e. The van der Waals surface area contributed by atoms with Crippen LogP contribution in [-0.4, -0.2) is 11.8 Å².